The van der Waals surface area contributed by atoms with Crippen LogP contribution in [-0.2, 0) is 0 Å². The molecule has 0 aliphatic heterocycles. The first kappa shape index (κ1) is 14.8. The molecule has 0 saturated carbocycles. The minimum Gasteiger partial charge on any atom is -0.410 e. The number of benzene rings is 1. The fraction of sp³-hybridized carbons (Fsp3) is 0.222. The summed E-state index contributed by atoms with van der Waals surface area (Å²) < 4.78 is 62.5. The van der Waals surface area contributed by atoms with E-state index in [1.807, 2.05) is 5.16 Å². The van der Waals surface area contributed by atoms with Crippen LogP contribution in [0.2, 0.25) is 0 Å². The van der Waals surface area contributed by atoms with Gasteiger partial charge in [0.2, 0.25) is 0 Å². The van der Waals surface area contributed by atoms with E-state index in [2.05, 4.69) is 0 Å². The Hall–Kier alpha value is -2.26. The molecule has 0 spiro atoms. The van der Waals surface area contributed by atoms with Gasteiger partial charge in [0.15, 0.2) is 5.71 Å². The third-order valence-electron chi connectivity index (χ3n) is 2.08. The highest BCUT2D eigenvalue weighted by Crippen LogP contribution is 2.38. The van der Waals surface area contributed by atoms with Crippen LogP contribution in [0.15, 0.2) is 29.4 Å². The normalized spacial score (nSPS) is 13.4. The molecular weight excluding hydrogens is 279 g/mol. The van der Waals surface area contributed by atoms with E-state index in [9.17, 15) is 32.1 Å². The molecule has 0 aliphatic rings. The van der Waals surface area contributed by atoms with Gasteiger partial charge in [-0.15, -0.1) is 0 Å². The van der Waals surface area contributed by atoms with Gasteiger partial charge in [0.25, 0.3) is 5.69 Å². The molecule has 0 aliphatic carbocycles. The van der Waals surface area contributed by atoms with Crippen LogP contribution in [0.3, 0.4) is 0 Å². The van der Waals surface area contributed by atoms with Gasteiger partial charge in [-0.1, -0.05) is 17.3 Å². The monoisotopic (exact) mass is 284 g/mol. The number of halogens is 5. The van der Waals surface area contributed by atoms with Gasteiger partial charge < -0.3 is 5.21 Å². The first-order valence-electron chi connectivity index (χ1n) is 4.53. The molecule has 0 heterocycles. The van der Waals surface area contributed by atoms with Crippen molar-refractivity contribution in [1.82, 2.24) is 0 Å². The van der Waals surface area contributed by atoms with Crippen LogP contribution >= 0.6 is 0 Å². The molecule has 1 N–H and O–H groups in total. The van der Waals surface area contributed by atoms with Crippen LogP contribution in [0.4, 0.5) is 27.6 Å². The maximum absolute atomic E-state index is 13.0. The zero-order valence-corrected chi connectivity index (χ0v) is 8.86. The van der Waals surface area contributed by atoms with Gasteiger partial charge in [-0.3, -0.25) is 10.1 Å². The molecule has 0 amide bonds. The number of alkyl halides is 5. The molecule has 19 heavy (non-hydrogen) atoms. The predicted molar refractivity (Wildman–Crippen MR) is 52.4 cm³/mol. The fourth-order valence-electron chi connectivity index (χ4n) is 1.20. The topological polar surface area (TPSA) is 75.7 Å². The molecule has 0 bridgehead atoms. The van der Waals surface area contributed by atoms with Gasteiger partial charge in [-0.2, -0.15) is 22.0 Å². The lowest BCUT2D eigenvalue weighted by Crippen LogP contribution is -2.44. The molecular formula is C9H5F5N2O3. The summed E-state index contributed by atoms with van der Waals surface area (Å²) in [6.45, 7) is 0. The summed E-state index contributed by atoms with van der Waals surface area (Å²) in [6.07, 6.45) is -5.99. The molecule has 5 nitrogen and oxygen atoms in total. The van der Waals surface area contributed by atoms with Crippen molar-refractivity contribution >= 4 is 11.4 Å². The van der Waals surface area contributed by atoms with Crippen LogP contribution in [-0.4, -0.2) is 27.9 Å². The second-order valence-corrected chi connectivity index (χ2v) is 3.33. The number of rotatable bonds is 3. The molecule has 0 radical (unpaired) electrons. The van der Waals surface area contributed by atoms with Crippen LogP contribution in [0, 0.1) is 10.1 Å². The summed E-state index contributed by atoms with van der Waals surface area (Å²) in [4.78, 5) is 9.42. The minimum absolute atomic E-state index is 0.453. The molecule has 10 heteroatoms. The fourth-order valence-corrected chi connectivity index (χ4v) is 1.20. The number of hydrogen-bond donors (Lipinski definition) is 1. The lowest BCUT2D eigenvalue weighted by Gasteiger charge is -2.20. The van der Waals surface area contributed by atoms with Gasteiger partial charge in [-0.25, -0.2) is 0 Å². The smallest absolute Gasteiger partial charge is 0.410 e. The standard InChI is InChI=1S/C9H5F5N2O3/c10-8(11,9(12,13)14)7(15-17)5-2-1-3-6(4-5)16(18)19/h1-4,17H/b15-7-. The number of nitro benzene ring substituents is 1. The first-order chi connectivity index (χ1) is 8.61. The van der Waals surface area contributed by atoms with E-state index in [0.29, 0.717) is 6.07 Å². The SMILES string of the molecule is O=[N+]([O-])c1cccc(/C(=N/O)C(F)(F)C(F)(F)F)c1. The van der Waals surface area contributed by atoms with E-state index < -0.39 is 34.0 Å². The number of oxime groups is 1. The number of nitrogens with zero attached hydrogens (tertiary/aromatic N) is 2. The van der Waals surface area contributed by atoms with Crippen molar-refractivity contribution in [3.63, 3.8) is 0 Å². The van der Waals surface area contributed by atoms with Crippen molar-refractivity contribution in [3.05, 3.63) is 39.9 Å². The quantitative estimate of drug-likeness (QED) is 0.305. The Morgan fingerprint density at radius 3 is 2.26 bits per heavy atom. The second kappa shape index (κ2) is 4.78. The zero-order chi connectivity index (χ0) is 14.8. The molecule has 104 valence electrons. The van der Waals surface area contributed by atoms with E-state index >= 15 is 0 Å². The second-order valence-electron chi connectivity index (χ2n) is 3.33. The number of non-ortho nitro benzene ring substituents is 1. The molecule has 0 fully saturated rings. The van der Waals surface area contributed by atoms with E-state index in [4.69, 9.17) is 5.21 Å². The molecule has 1 aromatic carbocycles. The van der Waals surface area contributed by atoms with Crippen molar-refractivity contribution in [3.8, 4) is 0 Å². The third kappa shape index (κ3) is 2.77. The molecule has 0 saturated heterocycles. The maximum atomic E-state index is 13.0. The predicted octanol–water partition coefficient (Wildman–Crippen LogP) is 2.97. The Balaban J connectivity index is 3.34. The zero-order valence-electron chi connectivity index (χ0n) is 8.86. The lowest BCUT2D eigenvalue weighted by atomic mass is 10.0. The van der Waals surface area contributed by atoms with Crippen molar-refractivity contribution in [2.75, 3.05) is 0 Å². The largest absolute Gasteiger partial charge is 0.459 e. The van der Waals surface area contributed by atoms with Crippen LogP contribution in [0.25, 0.3) is 0 Å². The summed E-state index contributed by atoms with van der Waals surface area (Å²) in [5.41, 5.74) is -3.63. The number of nitro groups is 1. The maximum Gasteiger partial charge on any atom is 0.459 e. The van der Waals surface area contributed by atoms with Crippen molar-refractivity contribution in [2.45, 2.75) is 12.1 Å². The van der Waals surface area contributed by atoms with Crippen LogP contribution in [0.1, 0.15) is 5.56 Å². The highest BCUT2D eigenvalue weighted by molar-refractivity contribution is 6.06. The summed E-state index contributed by atoms with van der Waals surface area (Å²) in [7, 11) is 0. The average molecular weight is 284 g/mol. The Bertz CT molecular complexity index is 527. The molecule has 0 atom stereocenters. The Morgan fingerprint density at radius 1 is 1.26 bits per heavy atom. The van der Waals surface area contributed by atoms with E-state index in [-0.39, 0.29) is 0 Å². The lowest BCUT2D eigenvalue weighted by molar-refractivity contribution is -0.384. The molecule has 1 aromatic rings. The summed E-state index contributed by atoms with van der Waals surface area (Å²) >= 11 is 0. The van der Waals surface area contributed by atoms with Crippen molar-refractivity contribution in [2.24, 2.45) is 5.16 Å². The Morgan fingerprint density at radius 2 is 1.84 bits per heavy atom. The van der Waals surface area contributed by atoms with Gasteiger partial charge in [0.05, 0.1) is 4.92 Å². The molecule has 1 rings (SSSR count). The van der Waals surface area contributed by atoms with Gasteiger partial charge in [-0.05, 0) is 0 Å². The van der Waals surface area contributed by atoms with Gasteiger partial charge >= 0.3 is 12.1 Å². The van der Waals surface area contributed by atoms with Crippen LogP contribution < -0.4 is 0 Å². The van der Waals surface area contributed by atoms with Crippen molar-refractivity contribution < 1.29 is 32.1 Å². The molecule has 0 unspecified atom stereocenters. The average Bonchev–Trinajstić information content (AvgIpc) is 2.28. The van der Waals surface area contributed by atoms with Crippen molar-refractivity contribution in [1.29, 1.82) is 0 Å². The summed E-state index contributed by atoms with van der Waals surface area (Å²) in [5.74, 6) is -5.43. The Kier molecular flexibility index (Phi) is 3.73. The van der Waals surface area contributed by atoms with E-state index in [1.54, 1.807) is 0 Å². The first-order valence-corrected chi connectivity index (χ1v) is 4.53. The van der Waals surface area contributed by atoms with E-state index in [1.165, 1.54) is 0 Å². The van der Waals surface area contributed by atoms with E-state index in [0.717, 1.165) is 18.2 Å². The number of hydrogen-bond acceptors (Lipinski definition) is 4. The summed E-state index contributed by atoms with van der Waals surface area (Å²) in [6, 6.07) is 2.98. The van der Waals surface area contributed by atoms with Gasteiger partial charge in [0, 0.05) is 17.7 Å². The van der Waals surface area contributed by atoms with Gasteiger partial charge in [0.1, 0.15) is 0 Å². The third-order valence-corrected chi connectivity index (χ3v) is 2.08. The Labute approximate surface area is 102 Å². The van der Waals surface area contributed by atoms with Crippen LogP contribution in [0.5, 0.6) is 0 Å². The highest BCUT2D eigenvalue weighted by atomic mass is 19.4. The molecule has 0 aromatic heterocycles. The highest BCUT2D eigenvalue weighted by Gasteiger charge is 2.62. The minimum atomic E-state index is -5.99. The summed E-state index contributed by atoms with van der Waals surface area (Å²) in [5, 5.41) is 20.7.